The lowest BCUT2D eigenvalue weighted by molar-refractivity contribution is 0.294. The first kappa shape index (κ1) is 11.8. The minimum atomic E-state index is 0.312. The third-order valence-electron chi connectivity index (χ3n) is 2.75. The second-order valence-corrected chi connectivity index (χ2v) is 4.40. The van der Waals surface area contributed by atoms with Crippen LogP contribution in [-0.4, -0.2) is 14.6 Å². The largest absolute Gasteiger partial charge is 0.486 e. The fraction of sp³-hybridized carbons (Fsp3) is 0.0769. The number of nitrogen functional groups attached to an aromatic ring is 1. The van der Waals surface area contributed by atoms with Crippen molar-refractivity contribution in [2.24, 2.45) is 0 Å². The van der Waals surface area contributed by atoms with Gasteiger partial charge in [0.1, 0.15) is 12.4 Å². The lowest BCUT2D eigenvalue weighted by atomic mass is 10.3. The molecule has 0 aliphatic carbocycles. The number of aromatic nitrogens is 3. The van der Waals surface area contributed by atoms with Crippen molar-refractivity contribution >= 4 is 22.9 Å². The number of hydrogen-bond acceptors (Lipinski definition) is 4. The molecular weight excluding hydrogens is 264 g/mol. The molecule has 6 heteroatoms. The first-order chi connectivity index (χ1) is 9.25. The van der Waals surface area contributed by atoms with Crippen molar-refractivity contribution in [2.75, 3.05) is 5.73 Å². The Morgan fingerprint density at radius 1 is 1.16 bits per heavy atom. The average Bonchev–Trinajstić information content (AvgIpc) is 2.86. The number of nitrogens with zero attached hydrogens (tertiary/aromatic N) is 3. The molecule has 0 aliphatic heterocycles. The highest BCUT2D eigenvalue weighted by molar-refractivity contribution is 6.33. The predicted octanol–water partition coefficient (Wildman–Crippen LogP) is 2.54. The summed E-state index contributed by atoms with van der Waals surface area (Å²) < 4.78 is 7.40. The molecule has 0 amide bonds. The summed E-state index contributed by atoms with van der Waals surface area (Å²) >= 11 is 5.93. The van der Waals surface area contributed by atoms with Crippen LogP contribution in [0.1, 0.15) is 5.82 Å². The van der Waals surface area contributed by atoms with E-state index in [2.05, 4.69) is 10.2 Å². The standard InChI is InChI=1S/C13H11ClN4O/c14-10-6-7-18-11(16-17-13(18)12(10)15)8-19-9-4-2-1-3-5-9/h1-7H,8,15H2. The van der Waals surface area contributed by atoms with Crippen LogP contribution in [0.25, 0.3) is 5.65 Å². The van der Waals surface area contributed by atoms with Crippen molar-refractivity contribution in [1.29, 1.82) is 0 Å². The lowest BCUT2D eigenvalue weighted by Gasteiger charge is -2.05. The fourth-order valence-corrected chi connectivity index (χ4v) is 1.90. The molecule has 2 heterocycles. The molecule has 0 saturated heterocycles. The molecule has 0 unspecified atom stereocenters. The number of benzene rings is 1. The maximum Gasteiger partial charge on any atom is 0.185 e. The zero-order valence-corrected chi connectivity index (χ0v) is 10.7. The van der Waals surface area contributed by atoms with Crippen LogP contribution in [0.15, 0.2) is 42.6 Å². The van der Waals surface area contributed by atoms with E-state index in [1.807, 2.05) is 30.3 Å². The number of anilines is 1. The van der Waals surface area contributed by atoms with Gasteiger partial charge in [-0.2, -0.15) is 0 Å². The van der Waals surface area contributed by atoms with E-state index >= 15 is 0 Å². The Hall–Kier alpha value is -2.27. The molecule has 0 fully saturated rings. The molecule has 0 saturated carbocycles. The van der Waals surface area contributed by atoms with Crippen molar-refractivity contribution in [2.45, 2.75) is 6.61 Å². The Balaban J connectivity index is 1.88. The summed E-state index contributed by atoms with van der Waals surface area (Å²) in [6.07, 6.45) is 1.78. The highest BCUT2D eigenvalue weighted by atomic mass is 35.5. The van der Waals surface area contributed by atoms with Gasteiger partial charge in [0, 0.05) is 6.20 Å². The zero-order valence-electron chi connectivity index (χ0n) is 9.95. The van der Waals surface area contributed by atoms with Crippen molar-refractivity contribution in [3.8, 4) is 5.75 Å². The Morgan fingerprint density at radius 3 is 2.74 bits per heavy atom. The second kappa shape index (κ2) is 4.78. The molecule has 5 nitrogen and oxygen atoms in total. The maximum absolute atomic E-state index is 5.93. The normalized spacial score (nSPS) is 10.8. The summed E-state index contributed by atoms with van der Waals surface area (Å²) in [4.78, 5) is 0. The summed E-state index contributed by atoms with van der Waals surface area (Å²) in [6.45, 7) is 0.312. The summed E-state index contributed by atoms with van der Waals surface area (Å²) in [7, 11) is 0. The maximum atomic E-state index is 5.93. The topological polar surface area (TPSA) is 65.4 Å². The third-order valence-corrected chi connectivity index (χ3v) is 3.08. The van der Waals surface area contributed by atoms with Gasteiger partial charge in [-0.1, -0.05) is 29.8 Å². The van der Waals surface area contributed by atoms with Gasteiger partial charge < -0.3 is 10.5 Å². The Bertz CT molecular complexity index is 711. The van der Waals surface area contributed by atoms with E-state index in [0.29, 0.717) is 28.8 Å². The van der Waals surface area contributed by atoms with Crippen LogP contribution in [0, 0.1) is 0 Å². The first-order valence-electron chi connectivity index (χ1n) is 5.71. The predicted molar refractivity (Wildman–Crippen MR) is 73.2 cm³/mol. The van der Waals surface area contributed by atoms with E-state index in [1.54, 1.807) is 16.7 Å². The quantitative estimate of drug-likeness (QED) is 0.797. The molecule has 0 spiro atoms. The van der Waals surface area contributed by atoms with Crippen LogP contribution >= 0.6 is 11.6 Å². The number of halogens is 1. The van der Waals surface area contributed by atoms with Crippen molar-refractivity contribution in [1.82, 2.24) is 14.6 Å². The van der Waals surface area contributed by atoms with E-state index < -0.39 is 0 Å². The lowest BCUT2D eigenvalue weighted by Crippen LogP contribution is -2.02. The molecule has 0 atom stereocenters. The number of para-hydroxylation sites is 1. The third kappa shape index (κ3) is 2.20. The van der Waals surface area contributed by atoms with Gasteiger partial charge in [0.15, 0.2) is 11.5 Å². The van der Waals surface area contributed by atoms with Crippen LogP contribution in [0.3, 0.4) is 0 Å². The summed E-state index contributed by atoms with van der Waals surface area (Å²) in [5.41, 5.74) is 6.80. The molecule has 3 rings (SSSR count). The molecule has 96 valence electrons. The molecular formula is C13H11ClN4O. The SMILES string of the molecule is Nc1c(Cl)ccn2c(COc3ccccc3)nnc12. The van der Waals surface area contributed by atoms with E-state index in [-0.39, 0.29) is 0 Å². The van der Waals surface area contributed by atoms with Gasteiger partial charge in [0.25, 0.3) is 0 Å². The van der Waals surface area contributed by atoms with Crippen molar-refractivity contribution in [3.05, 3.63) is 53.4 Å². The fourth-order valence-electron chi connectivity index (χ4n) is 1.76. The monoisotopic (exact) mass is 274 g/mol. The number of pyridine rings is 1. The van der Waals surface area contributed by atoms with E-state index in [1.165, 1.54) is 0 Å². The number of nitrogens with two attached hydrogens (primary N) is 1. The van der Waals surface area contributed by atoms with Crippen LogP contribution in [-0.2, 0) is 6.61 Å². The molecule has 2 N–H and O–H groups in total. The molecule has 3 aromatic rings. The Kier molecular flexibility index (Phi) is 2.97. The smallest absolute Gasteiger partial charge is 0.185 e. The second-order valence-electron chi connectivity index (χ2n) is 3.99. The van der Waals surface area contributed by atoms with Gasteiger partial charge >= 0.3 is 0 Å². The molecule has 19 heavy (non-hydrogen) atoms. The van der Waals surface area contributed by atoms with Gasteiger partial charge in [-0.3, -0.25) is 4.40 Å². The molecule has 0 radical (unpaired) electrons. The molecule has 0 bridgehead atoms. The average molecular weight is 275 g/mol. The van der Waals surface area contributed by atoms with Crippen molar-refractivity contribution < 1.29 is 4.74 Å². The van der Waals surface area contributed by atoms with Crippen molar-refractivity contribution in [3.63, 3.8) is 0 Å². The van der Waals surface area contributed by atoms with Crippen LogP contribution in [0.4, 0.5) is 5.69 Å². The number of fused-ring (bicyclic) bond motifs is 1. The highest BCUT2D eigenvalue weighted by Gasteiger charge is 2.10. The van der Waals surface area contributed by atoms with Gasteiger partial charge in [-0.15, -0.1) is 10.2 Å². The summed E-state index contributed by atoms with van der Waals surface area (Å²) in [5.74, 6) is 1.45. The van der Waals surface area contributed by atoms with E-state index in [9.17, 15) is 0 Å². The van der Waals surface area contributed by atoms with Gasteiger partial charge in [0.05, 0.1) is 10.7 Å². The Labute approximate surface area is 114 Å². The van der Waals surface area contributed by atoms with Crippen LogP contribution in [0.2, 0.25) is 5.02 Å². The summed E-state index contributed by atoms with van der Waals surface area (Å²) in [6, 6.07) is 11.2. The van der Waals surface area contributed by atoms with Crippen LogP contribution in [0.5, 0.6) is 5.75 Å². The van der Waals surface area contributed by atoms with E-state index in [0.717, 1.165) is 5.75 Å². The number of hydrogen-bond donors (Lipinski definition) is 1. The number of rotatable bonds is 3. The van der Waals surface area contributed by atoms with Gasteiger partial charge in [0.2, 0.25) is 0 Å². The van der Waals surface area contributed by atoms with Crippen LogP contribution < -0.4 is 10.5 Å². The van der Waals surface area contributed by atoms with Gasteiger partial charge in [-0.05, 0) is 18.2 Å². The molecule has 0 aliphatic rings. The number of ether oxygens (including phenoxy) is 1. The molecule has 2 aromatic heterocycles. The summed E-state index contributed by atoms with van der Waals surface area (Å²) in [5, 5.41) is 8.54. The van der Waals surface area contributed by atoms with E-state index in [4.69, 9.17) is 22.1 Å². The minimum absolute atomic E-state index is 0.312. The Morgan fingerprint density at radius 2 is 1.95 bits per heavy atom. The first-order valence-corrected chi connectivity index (χ1v) is 6.09. The molecule has 1 aromatic carbocycles. The highest BCUT2D eigenvalue weighted by Crippen LogP contribution is 2.22. The van der Waals surface area contributed by atoms with Gasteiger partial charge in [-0.25, -0.2) is 0 Å². The minimum Gasteiger partial charge on any atom is -0.486 e. The zero-order chi connectivity index (χ0) is 13.2.